The van der Waals surface area contributed by atoms with Crippen molar-refractivity contribution in [2.24, 2.45) is 34.5 Å². The van der Waals surface area contributed by atoms with Crippen LogP contribution in [0, 0.1) is 34.5 Å². The van der Waals surface area contributed by atoms with Crippen molar-refractivity contribution in [1.82, 2.24) is 0 Å². The van der Waals surface area contributed by atoms with Crippen LogP contribution in [0.5, 0.6) is 0 Å². The molecule has 0 spiro atoms. The predicted octanol–water partition coefficient (Wildman–Crippen LogP) is 2.45. The Balaban J connectivity index is 1.25. The molecule has 0 bridgehead atoms. The highest BCUT2D eigenvalue weighted by atomic mass is 16.7. The molecule has 0 aromatic heterocycles. The number of carbonyl (C=O) groups is 1. The maximum absolute atomic E-state index is 12.4. The van der Waals surface area contributed by atoms with Gasteiger partial charge in [-0.1, -0.05) is 26.8 Å². The van der Waals surface area contributed by atoms with E-state index in [1.165, 1.54) is 0 Å². The zero-order valence-electron chi connectivity index (χ0n) is 24.3. The van der Waals surface area contributed by atoms with Crippen molar-refractivity contribution in [2.45, 2.75) is 127 Å². The average molecular weight is 567 g/mol. The Kier molecular flexibility index (Phi) is 8.77. The van der Waals surface area contributed by atoms with Gasteiger partial charge in [0.15, 0.2) is 6.29 Å². The van der Waals surface area contributed by atoms with Gasteiger partial charge >= 0.3 is 5.97 Å². The Bertz CT molecular complexity index is 940. The summed E-state index contributed by atoms with van der Waals surface area (Å²) >= 11 is 0. The van der Waals surface area contributed by atoms with E-state index in [0.717, 1.165) is 64.2 Å². The zero-order chi connectivity index (χ0) is 28.9. The van der Waals surface area contributed by atoms with Crippen molar-refractivity contribution in [3.8, 4) is 0 Å². The van der Waals surface area contributed by atoms with Crippen LogP contribution < -0.4 is 0 Å². The highest BCUT2D eigenvalue weighted by Crippen LogP contribution is 2.69. The van der Waals surface area contributed by atoms with Crippen LogP contribution >= 0.6 is 0 Å². The largest absolute Gasteiger partial charge is 0.463 e. The normalized spacial score (nSPS) is 50.7. The van der Waals surface area contributed by atoms with E-state index in [1.807, 2.05) is 13.0 Å². The van der Waals surface area contributed by atoms with Gasteiger partial charge < -0.3 is 39.7 Å². The SMILES string of the molecule is CCCOC(=O)/C=C/C1CCC2(O)C3CCC4CC(OC5OC(CO)C(O)C(O)C5O)CCC4(C)C3CCC12C. The molecule has 0 radical (unpaired) electrons. The minimum atomic E-state index is -1.44. The summed E-state index contributed by atoms with van der Waals surface area (Å²) in [7, 11) is 0. The molecule has 9 heteroatoms. The maximum atomic E-state index is 12.4. The van der Waals surface area contributed by atoms with Gasteiger partial charge in [-0.15, -0.1) is 0 Å². The number of esters is 1. The maximum Gasteiger partial charge on any atom is 0.330 e. The summed E-state index contributed by atoms with van der Waals surface area (Å²) in [5.74, 6) is 0.900. The third-order valence-electron chi connectivity index (χ3n) is 12.0. The molecule has 40 heavy (non-hydrogen) atoms. The molecular weight excluding hydrogens is 516 g/mol. The first-order valence-corrected chi connectivity index (χ1v) is 15.5. The van der Waals surface area contributed by atoms with Gasteiger partial charge in [-0.3, -0.25) is 0 Å². The molecule has 5 N–H and O–H groups in total. The molecule has 1 heterocycles. The fraction of sp³-hybridized carbons (Fsp3) is 0.903. The third-order valence-corrected chi connectivity index (χ3v) is 12.0. The van der Waals surface area contributed by atoms with Crippen LogP contribution in [-0.2, 0) is 19.0 Å². The fourth-order valence-electron chi connectivity index (χ4n) is 9.47. The first-order valence-electron chi connectivity index (χ1n) is 15.5. The molecule has 228 valence electrons. The molecule has 13 unspecified atom stereocenters. The van der Waals surface area contributed by atoms with E-state index >= 15 is 0 Å². The van der Waals surface area contributed by atoms with Crippen LogP contribution in [0.1, 0.15) is 85.0 Å². The van der Waals surface area contributed by atoms with Gasteiger partial charge in [-0.25, -0.2) is 4.79 Å². The third kappa shape index (κ3) is 4.97. The number of rotatable bonds is 7. The quantitative estimate of drug-likeness (QED) is 0.178. The molecule has 5 fully saturated rings. The van der Waals surface area contributed by atoms with Gasteiger partial charge in [0, 0.05) is 11.5 Å². The Morgan fingerprint density at radius 1 is 0.975 bits per heavy atom. The molecule has 4 aliphatic carbocycles. The zero-order valence-corrected chi connectivity index (χ0v) is 24.3. The van der Waals surface area contributed by atoms with E-state index in [9.17, 15) is 30.3 Å². The van der Waals surface area contributed by atoms with Gasteiger partial charge in [0.1, 0.15) is 24.4 Å². The number of fused-ring (bicyclic) bond motifs is 5. The minimum absolute atomic E-state index is 0.0765. The number of hydrogen-bond donors (Lipinski definition) is 5. The van der Waals surface area contributed by atoms with Crippen LogP contribution in [0.2, 0.25) is 0 Å². The molecule has 0 aromatic rings. The minimum Gasteiger partial charge on any atom is -0.463 e. The second-order valence-corrected chi connectivity index (χ2v) is 13.8. The lowest BCUT2D eigenvalue weighted by Gasteiger charge is -2.63. The standard InChI is InChI=1S/C31H50O9/c1-4-15-38-24(33)8-6-18-9-14-31(37)22-7-5-19-16-20(10-12-29(19,2)21(22)11-13-30(18,31)3)39-28-27(36)26(35)25(34)23(17-32)40-28/h6,8,18-23,25-28,32,34-37H,4-5,7,9-17H2,1-3H3/b8-6+. The van der Waals surface area contributed by atoms with Crippen LogP contribution in [0.15, 0.2) is 12.2 Å². The lowest BCUT2D eigenvalue weighted by atomic mass is 9.43. The molecule has 5 rings (SSSR count). The number of ether oxygens (including phenoxy) is 3. The number of carbonyl (C=O) groups excluding carboxylic acids is 1. The van der Waals surface area contributed by atoms with Crippen LogP contribution in [0.3, 0.4) is 0 Å². The molecular formula is C31H50O9. The van der Waals surface area contributed by atoms with Gasteiger partial charge in [0.25, 0.3) is 0 Å². The van der Waals surface area contributed by atoms with Crippen molar-refractivity contribution in [3.63, 3.8) is 0 Å². The van der Waals surface area contributed by atoms with E-state index in [2.05, 4.69) is 13.8 Å². The molecule has 1 saturated heterocycles. The molecule has 9 nitrogen and oxygen atoms in total. The number of aliphatic hydroxyl groups is 5. The molecule has 5 aliphatic rings. The monoisotopic (exact) mass is 566 g/mol. The number of aliphatic hydroxyl groups excluding tert-OH is 4. The highest BCUT2D eigenvalue weighted by molar-refractivity contribution is 5.81. The van der Waals surface area contributed by atoms with Crippen LogP contribution in [0.25, 0.3) is 0 Å². The highest BCUT2D eigenvalue weighted by Gasteiger charge is 2.66. The fourth-order valence-corrected chi connectivity index (χ4v) is 9.47. The predicted molar refractivity (Wildman–Crippen MR) is 146 cm³/mol. The van der Waals surface area contributed by atoms with Crippen molar-refractivity contribution >= 4 is 5.97 Å². The Morgan fingerprint density at radius 2 is 1.75 bits per heavy atom. The second kappa shape index (κ2) is 11.5. The van der Waals surface area contributed by atoms with Crippen molar-refractivity contribution < 1.29 is 44.5 Å². The second-order valence-electron chi connectivity index (χ2n) is 13.8. The van der Waals surface area contributed by atoms with Crippen molar-refractivity contribution in [3.05, 3.63) is 12.2 Å². The summed E-state index contributed by atoms with van der Waals surface area (Å²) in [6.45, 7) is 6.54. The van der Waals surface area contributed by atoms with Crippen LogP contribution in [0.4, 0.5) is 0 Å². The van der Waals surface area contributed by atoms with Gasteiger partial charge in [-0.2, -0.15) is 0 Å². The molecule has 0 aromatic carbocycles. The molecule has 4 saturated carbocycles. The smallest absolute Gasteiger partial charge is 0.330 e. The first-order chi connectivity index (χ1) is 19.0. The number of allylic oxidation sites excluding steroid dienone is 1. The van der Waals surface area contributed by atoms with Crippen molar-refractivity contribution in [1.29, 1.82) is 0 Å². The average Bonchev–Trinajstić information content (AvgIpc) is 3.21. The molecule has 1 aliphatic heterocycles. The summed E-state index contributed by atoms with van der Waals surface area (Å²) in [5, 5.41) is 52.6. The Hall–Kier alpha value is -1.07. The van der Waals surface area contributed by atoms with E-state index in [4.69, 9.17) is 14.2 Å². The Morgan fingerprint density at radius 3 is 2.48 bits per heavy atom. The summed E-state index contributed by atoms with van der Waals surface area (Å²) < 4.78 is 17.0. The summed E-state index contributed by atoms with van der Waals surface area (Å²) in [5.41, 5.74) is -0.939. The van der Waals surface area contributed by atoms with Gasteiger partial charge in [0.05, 0.1) is 24.9 Å². The van der Waals surface area contributed by atoms with Gasteiger partial charge in [0.2, 0.25) is 0 Å². The lowest BCUT2D eigenvalue weighted by molar-refractivity contribution is -0.317. The lowest BCUT2D eigenvalue weighted by Crippen LogP contribution is -2.62. The first kappa shape index (κ1) is 30.4. The summed E-state index contributed by atoms with van der Waals surface area (Å²) in [4.78, 5) is 12.1. The topological polar surface area (TPSA) is 146 Å². The molecule has 13 atom stereocenters. The van der Waals surface area contributed by atoms with E-state index < -0.39 is 42.9 Å². The molecule has 0 amide bonds. The van der Waals surface area contributed by atoms with E-state index in [1.54, 1.807) is 6.08 Å². The number of hydrogen-bond acceptors (Lipinski definition) is 9. The summed E-state index contributed by atoms with van der Waals surface area (Å²) in [6, 6.07) is 0. The summed E-state index contributed by atoms with van der Waals surface area (Å²) in [6.07, 6.45) is 6.02. The van der Waals surface area contributed by atoms with Crippen molar-refractivity contribution in [2.75, 3.05) is 13.2 Å². The van der Waals surface area contributed by atoms with E-state index in [0.29, 0.717) is 18.4 Å². The van der Waals surface area contributed by atoms with E-state index in [-0.39, 0.29) is 34.7 Å². The van der Waals surface area contributed by atoms with Crippen LogP contribution in [-0.4, -0.2) is 87.1 Å². The van der Waals surface area contributed by atoms with Gasteiger partial charge in [-0.05, 0) is 93.3 Å². The Labute approximate surface area is 237 Å².